The van der Waals surface area contributed by atoms with Gasteiger partial charge < -0.3 is 5.32 Å². The standard InChI is InChI=1S/C6H14N2OS/c1-3-8(10)5-4-7-6(2)9/h10H,3-5H2,1-2H3,(H,7,9). The van der Waals surface area contributed by atoms with E-state index in [4.69, 9.17) is 0 Å². The first-order chi connectivity index (χ1) is 4.66. The number of carbonyl (C=O) groups is 1. The number of amides is 1. The van der Waals surface area contributed by atoms with Gasteiger partial charge >= 0.3 is 0 Å². The summed E-state index contributed by atoms with van der Waals surface area (Å²) in [5.41, 5.74) is 0. The van der Waals surface area contributed by atoms with Gasteiger partial charge in [0.15, 0.2) is 0 Å². The lowest BCUT2D eigenvalue weighted by Gasteiger charge is -2.11. The first-order valence-electron chi connectivity index (χ1n) is 3.35. The molecule has 3 nitrogen and oxygen atoms in total. The van der Waals surface area contributed by atoms with Crippen LogP contribution in [0.4, 0.5) is 0 Å². The molecule has 0 aromatic rings. The van der Waals surface area contributed by atoms with Crippen LogP contribution in [0.1, 0.15) is 13.8 Å². The smallest absolute Gasteiger partial charge is 0.216 e. The summed E-state index contributed by atoms with van der Waals surface area (Å²) in [5.74, 6) is 0.0119. The molecule has 0 saturated carbocycles. The Morgan fingerprint density at radius 2 is 2.30 bits per heavy atom. The van der Waals surface area contributed by atoms with Crippen LogP contribution in [0.2, 0.25) is 0 Å². The zero-order valence-corrected chi connectivity index (χ0v) is 7.32. The Labute approximate surface area is 67.3 Å². The summed E-state index contributed by atoms with van der Waals surface area (Å²) in [7, 11) is 0. The average Bonchev–Trinajstić information content (AvgIpc) is 1.87. The van der Waals surface area contributed by atoms with Crippen LogP contribution in [0.3, 0.4) is 0 Å². The summed E-state index contributed by atoms with van der Waals surface area (Å²) in [6.45, 7) is 5.88. The van der Waals surface area contributed by atoms with Crippen molar-refractivity contribution in [1.82, 2.24) is 9.62 Å². The third kappa shape index (κ3) is 5.91. The molecule has 0 bridgehead atoms. The predicted molar refractivity (Wildman–Crippen MR) is 44.9 cm³/mol. The average molecular weight is 162 g/mol. The molecule has 0 unspecified atom stereocenters. The van der Waals surface area contributed by atoms with Crippen LogP contribution in [-0.2, 0) is 4.79 Å². The summed E-state index contributed by atoms with van der Waals surface area (Å²) in [4.78, 5) is 10.4. The molecular weight excluding hydrogens is 148 g/mol. The topological polar surface area (TPSA) is 32.3 Å². The van der Waals surface area contributed by atoms with Crippen LogP contribution >= 0.6 is 12.8 Å². The van der Waals surface area contributed by atoms with E-state index in [2.05, 4.69) is 18.1 Å². The van der Waals surface area contributed by atoms with E-state index in [1.165, 1.54) is 6.92 Å². The van der Waals surface area contributed by atoms with Gasteiger partial charge in [0.2, 0.25) is 5.91 Å². The third-order valence-corrected chi connectivity index (χ3v) is 1.59. The first-order valence-corrected chi connectivity index (χ1v) is 3.75. The maximum absolute atomic E-state index is 10.4. The van der Waals surface area contributed by atoms with Gasteiger partial charge in [-0.15, -0.1) is 0 Å². The van der Waals surface area contributed by atoms with Crippen LogP contribution in [0.5, 0.6) is 0 Å². The van der Waals surface area contributed by atoms with Gasteiger partial charge in [0.05, 0.1) is 0 Å². The summed E-state index contributed by atoms with van der Waals surface area (Å²) < 4.78 is 1.84. The van der Waals surface area contributed by atoms with Gasteiger partial charge in [-0.2, -0.15) is 0 Å². The maximum atomic E-state index is 10.4. The number of likely N-dealkylation sites (N-methyl/N-ethyl adjacent to an activating group) is 1. The molecule has 0 spiro atoms. The highest BCUT2D eigenvalue weighted by Crippen LogP contribution is 1.88. The fraction of sp³-hybridized carbons (Fsp3) is 0.833. The minimum atomic E-state index is 0.0119. The molecule has 60 valence electrons. The van der Waals surface area contributed by atoms with Crippen molar-refractivity contribution in [3.8, 4) is 0 Å². The second-order valence-corrected chi connectivity index (χ2v) is 2.59. The van der Waals surface area contributed by atoms with E-state index in [1.807, 2.05) is 11.2 Å². The van der Waals surface area contributed by atoms with Gasteiger partial charge in [-0.25, -0.2) is 0 Å². The summed E-state index contributed by atoms with van der Waals surface area (Å²) >= 11 is 4.11. The number of nitrogens with one attached hydrogen (secondary N) is 1. The van der Waals surface area contributed by atoms with Crippen LogP contribution in [0.15, 0.2) is 0 Å². The zero-order valence-electron chi connectivity index (χ0n) is 6.42. The highest BCUT2D eigenvalue weighted by atomic mass is 32.1. The van der Waals surface area contributed by atoms with Crippen LogP contribution in [-0.4, -0.2) is 29.8 Å². The van der Waals surface area contributed by atoms with Gasteiger partial charge in [-0.3, -0.25) is 9.10 Å². The highest BCUT2D eigenvalue weighted by molar-refractivity contribution is 7.77. The number of carbonyl (C=O) groups excluding carboxylic acids is 1. The van der Waals surface area contributed by atoms with Gasteiger partial charge in [0, 0.05) is 26.6 Å². The van der Waals surface area contributed by atoms with Crippen molar-refractivity contribution in [1.29, 1.82) is 0 Å². The van der Waals surface area contributed by atoms with Crippen LogP contribution < -0.4 is 5.32 Å². The van der Waals surface area contributed by atoms with E-state index in [9.17, 15) is 4.79 Å². The molecule has 0 aliphatic carbocycles. The molecule has 0 aromatic carbocycles. The van der Waals surface area contributed by atoms with Crippen molar-refractivity contribution in [3.63, 3.8) is 0 Å². The second kappa shape index (κ2) is 5.56. The Balaban J connectivity index is 3.11. The fourth-order valence-electron chi connectivity index (χ4n) is 0.519. The van der Waals surface area contributed by atoms with E-state index in [-0.39, 0.29) is 5.91 Å². The number of hydrogen-bond acceptors (Lipinski definition) is 3. The fourth-order valence-corrected chi connectivity index (χ4v) is 0.619. The van der Waals surface area contributed by atoms with E-state index in [0.29, 0.717) is 6.54 Å². The Hall–Kier alpha value is -0.220. The van der Waals surface area contributed by atoms with E-state index in [0.717, 1.165) is 13.1 Å². The molecule has 0 atom stereocenters. The van der Waals surface area contributed by atoms with E-state index >= 15 is 0 Å². The molecule has 0 aliphatic heterocycles. The SMILES string of the molecule is CCN(S)CCNC(C)=O. The van der Waals surface area contributed by atoms with Crippen molar-refractivity contribution in [2.45, 2.75) is 13.8 Å². The van der Waals surface area contributed by atoms with E-state index in [1.54, 1.807) is 0 Å². The van der Waals surface area contributed by atoms with E-state index < -0.39 is 0 Å². The molecule has 4 heteroatoms. The van der Waals surface area contributed by atoms with Crippen molar-refractivity contribution in [2.24, 2.45) is 0 Å². The lowest BCUT2D eigenvalue weighted by Crippen LogP contribution is -2.29. The molecule has 0 aliphatic rings. The first kappa shape index (κ1) is 9.78. The quantitative estimate of drug-likeness (QED) is 0.582. The lowest BCUT2D eigenvalue weighted by atomic mass is 10.5. The highest BCUT2D eigenvalue weighted by Gasteiger charge is 1.94. The normalized spacial score (nSPS) is 10.0. The molecule has 0 saturated heterocycles. The summed E-state index contributed by atoms with van der Waals surface area (Å²) in [6.07, 6.45) is 0. The Morgan fingerprint density at radius 1 is 1.70 bits per heavy atom. The zero-order chi connectivity index (χ0) is 7.98. The molecule has 1 N–H and O–H groups in total. The lowest BCUT2D eigenvalue weighted by molar-refractivity contribution is -0.118. The summed E-state index contributed by atoms with van der Waals surface area (Å²) in [6, 6.07) is 0. The number of thiol groups is 1. The van der Waals surface area contributed by atoms with Crippen LogP contribution in [0.25, 0.3) is 0 Å². The molecule has 0 fully saturated rings. The number of nitrogens with zero attached hydrogens (tertiary/aromatic N) is 1. The van der Waals surface area contributed by atoms with Crippen molar-refractivity contribution in [3.05, 3.63) is 0 Å². The molecule has 0 radical (unpaired) electrons. The predicted octanol–water partition coefficient (Wildman–Crippen LogP) is 0.289. The summed E-state index contributed by atoms with van der Waals surface area (Å²) in [5, 5.41) is 2.68. The Bertz CT molecular complexity index is 108. The Morgan fingerprint density at radius 3 is 2.70 bits per heavy atom. The van der Waals surface area contributed by atoms with Crippen molar-refractivity contribution in [2.75, 3.05) is 19.6 Å². The third-order valence-electron chi connectivity index (χ3n) is 1.11. The molecule has 1 amide bonds. The van der Waals surface area contributed by atoms with Crippen molar-refractivity contribution >= 4 is 18.7 Å². The largest absolute Gasteiger partial charge is 0.355 e. The van der Waals surface area contributed by atoms with Gasteiger partial charge in [0.1, 0.15) is 0 Å². The van der Waals surface area contributed by atoms with Crippen LogP contribution in [0, 0.1) is 0 Å². The Kier molecular flexibility index (Phi) is 5.43. The minimum absolute atomic E-state index is 0.0119. The van der Waals surface area contributed by atoms with Gasteiger partial charge in [0.25, 0.3) is 0 Å². The molecule has 10 heavy (non-hydrogen) atoms. The monoisotopic (exact) mass is 162 g/mol. The maximum Gasteiger partial charge on any atom is 0.216 e. The number of hydrogen-bond donors (Lipinski definition) is 2. The van der Waals surface area contributed by atoms with Gasteiger partial charge in [-0.05, 0) is 0 Å². The molecular formula is C6H14N2OS. The minimum Gasteiger partial charge on any atom is -0.355 e. The van der Waals surface area contributed by atoms with Crippen molar-refractivity contribution < 1.29 is 4.79 Å². The number of rotatable bonds is 4. The van der Waals surface area contributed by atoms with Gasteiger partial charge in [-0.1, -0.05) is 19.7 Å². The molecule has 0 aromatic heterocycles. The molecule has 0 heterocycles. The second-order valence-electron chi connectivity index (χ2n) is 2.03. The molecule has 0 rings (SSSR count).